The SMILES string of the molecule is CNC(=O)C1CCN(C(=O)c2cccc(NS(=O)(=O)c3ccc(C)c(C)c3)c2)CC1. The molecule has 2 aromatic carbocycles. The van der Waals surface area contributed by atoms with E-state index < -0.39 is 10.0 Å². The fourth-order valence-corrected chi connectivity index (χ4v) is 4.68. The summed E-state index contributed by atoms with van der Waals surface area (Å²) in [5.41, 5.74) is 2.65. The Morgan fingerprint density at radius 2 is 1.70 bits per heavy atom. The van der Waals surface area contributed by atoms with E-state index in [1.165, 1.54) is 0 Å². The van der Waals surface area contributed by atoms with Crippen LogP contribution in [0.5, 0.6) is 0 Å². The van der Waals surface area contributed by atoms with Crippen LogP contribution >= 0.6 is 0 Å². The standard InChI is InChI=1S/C22H27N3O4S/c1-15-7-8-20(13-16(15)2)30(28,29)24-19-6-4-5-18(14-19)22(27)25-11-9-17(10-12-25)21(26)23-3/h4-8,13-14,17,24H,9-12H2,1-3H3,(H,23,26). The van der Waals surface area contributed by atoms with Crippen LogP contribution in [0.15, 0.2) is 47.4 Å². The molecule has 0 saturated carbocycles. The summed E-state index contributed by atoms with van der Waals surface area (Å²) in [5, 5.41) is 2.65. The minimum atomic E-state index is -3.76. The van der Waals surface area contributed by atoms with E-state index in [2.05, 4.69) is 10.0 Å². The minimum Gasteiger partial charge on any atom is -0.359 e. The molecular formula is C22H27N3O4S. The predicted octanol–water partition coefficient (Wildman–Crippen LogP) is 2.70. The molecule has 1 heterocycles. The van der Waals surface area contributed by atoms with E-state index in [1.807, 2.05) is 13.8 Å². The number of piperidine rings is 1. The zero-order chi connectivity index (χ0) is 21.9. The van der Waals surface area contributed by atoms with Crippen LogP contribution in [0.1, 0.15) is 34.3 Å². The van der Waals surface area contributed by atoms with Crippen molar-refractivity contribution in [2.75, 3.05) is 24.9 Å². The fraction of sp³-hybridized carbons (Fsp3) is 0.364. The Labute approximate surface area is 177 Å². The van der Waals surface area contributed by atoms with Crippen LogP contribution < -0.4 is 10.0 Å². The van der Waals surface area contributed by atoms with Gasteiger partial charge in [-0.3, -0.25) is 14.3 Å². The predicted molar refractivity (Wildman–Crippen MR) is 116 cm³/mol. The van der Waals surface area contributed by atoms with Gasteiger partial charge in [-0.1, -0.05) is 12.1 Å². The molecule has 2 amide bonds. The van der Waals surface area contributed by atoms with Crippen molar-refractivity contribution in [3.05, 3.63) is 59.2 Å². The Kier molecular flexibility index (Phi) is 6.45. The number of aryl methyl sites for hydroxylation is 2. The number of carbonyl (C=O) groups is 2. The molecule has 8 heteroatoms. The number of benzene rings is 2. The summed E-state index contributed by atoms with van der Waals surface area (Å²) in [6.45, 7) is 4.78. The van der Waals surface area contributed by atoms with Gasteiger partial charge in [0.1, 0.15) is 0 Å². The number of hydrogen-bond acceptors (Lipinski definition) is 4. The van der Waals surface area contributed by atoms with Gasteiger partial charge in [0, 0.05) is 37.3 Å². The molecule has 0 unspecified atom stereocenters. The molecule has 3 rings (SSSR count). The molecule has 1 saturated heterocycles. The van der Waals surface area contributed by atoms with Crippen LogP contribution in [0.4, 0.5) is 5.69 Å². The van der Waals surface area contributed by atoms with Crippen molar-refractivity contribution in [1.82, 2.24) is 10.2 Å². The largest absolute Gasteiger partial charge is 0.359 e. The van der Waals surface area contributed by atoms with Crippen molar-refractivity contribution in [2.24, 2.45) is 5.92 Å². The van der Waals surface area contributed by atoms with Gasteiger partial charge >= 0.3 is 0 Å². The summed E-state index contributed by atoms with van der Waals surface area (Å²) in [4.78, 5) is 26.5. The number of carbonyl (C=O) groups excluding carboxylic acids is 2. The molecule has 1 aliphatic rings. The molecule has 0 bridgehead atoms. The van der Waals surface area contributed by atoms with Gasteiger partial charge in [-0.05, 0) is 68.1 Å². The number of anilines is 1. The number of sulfonamides is 1. The van der Waals surface area contributed by atoms with Crippen LogP contribution in [0.3, 0.4) is 0 Å². The Morgan fingerprint density at radius 1 is 1.00 bits per heavy atom. The van der Waals surface area contributed by atoms with Crippen molar-refractivity contribution in [1.29, 1.82) is 0 Å². The molecule has 0 radical (unpaired) electrons. The molecule has 0 aromatic heterocycles. The number of hydrogen-bond donors (Lipinski definition) is 2. The van der Waals surface area contributed by atoms with E-state index in [-0.39, 0.29) is 22.6 Å². The molecule has 1 aliphatic heterocycles. The first-order valence-electron chi connectivity index (χ1n) is 9.92. The van der Waals surface area contributed by atoms with Crippen LogP contribution in [-0.2, 0) is 14.8 Å². The second-order valence-corrected chi connectivity index (χ2v) is 9.30. The van der Waals surface area contributed by atoms with E-state index >= 15 is 0 Å². The number of likely N-dealkylation sites (tertiary alicyclic amines) is 1. The maximum atomic E-state index is 12.9. The van der Waals surface area contributed by atoms with Gasteiger partial charge in [0.25, 0.3) is 15.9 Å². The lowest BCUT2D eigenvalue weighted by Crippen LogP contribution is -2.42. The minimum absolute atomic E-state index is 0.00449. The van der Waals surface area contributed by atoms with E-state index in [1.54, 1.807) is 54.4 Å². The molecular weight excluding hydrogens is 402 g/mol. The Bertz CT molecular complexity index is 1060. The molecule has 1 fully saturated rings. The smallest absolute Gasteiger partial charge is 0.261 e. The third-order valence-corrected chi connectivity index (χ3v) is 6.93. The summed E-state index contributed by atoms with van der Waals surface area (Å²) in [6.07, 6.45) is 1.23. The van der Waals surface area contributed by atoms with Gasteiger partial charge < -0.3 is 10.2 Å². The Morgan fingerprint density at radius 3 is 2.33 bits per heavy atom. The van der Waals surface area contributed by atoms with Gasteiger partial charge in [-0.25, -0.2) is 8.42 Å². The number of nitrogens with zero attached hydrogens (tertiary/aromatic N) is 1. The molecule has 30 heavy (non-hydrogen) atoms. The van der Waals surface area contributed by atoms with Crippen LogP contribution in [-0.4, -0.2) is 45.3 Å². The zero-order valence-electron chi connectivity index (χ0n) is 17.4. The quantitative estimate of drug-likeness (QED) is 0.764. The van der Waals surface area contributed by atoms with E-state index in [9.17, 15) is 18.0 Å². The number of rotatable bonds is 5. The lowest BCUT2D eigenvalue weighted by Gasteiger charge is -2.31. The first-order valence-corrected chi connectivity index (χ1v) is 11.4. The first-order chi connectivity index (χ1) is 14.2. The molecule has 160 valence electrons. The average Bonchev–Trinajstić information content (AvgIpc) is 2.74. The van der Waals surface area contributed by atoms with Crippen molar-refractivity contribution in [3.8, 4) is 0 Å². The zero-order valence-corrected chi connectivity index (χ0v) is 18.3. The molecule has 7 nitrogen and oxygen atoms in total. The third-order valence-electron chi connectivity index (χ3n) is 5.55. The van der Waals surface area contributed by atoms with Crippen molar-refractivity contribution in [3.63, 3.8) is 0 Å². The van der Waals surface area contributed by atoms with Crippen LogP contribution in [0.25, 0.3) is 0 Å². The summed E-state index contributed by atoms with van der Waals surface area (Å²) < 4.78 is 28.0. The fourth-order valence-electron chi connectivity index (χ4n) is 3.54. The summed E-state index contributed by atoms with van der Waals surface area (Å²) in [7, 11) is -2.14. The third kappa shape index (κ3) is 4.81. The van der Waals surface area contributed by atoms with Gasteiger partial charge in [0.15, 0.2) is 0 Å². The Balaban J connectivity index is 1.72. The second-order valence-electron chi connectivity index (χ2n) is 7.61. The monoisotopic (exact) mass is 429 g/mol. The van der Waals surface area contributed by atoms with Crippen LogP contribution in [0.2, 0.25) is 0 Å². The highest BCUT2D eigenvalue weighted by Crippen LogP contribution is 2.22. The topological polar surface area (TPSA) is 95.6 Å². The highest BCUT2D eigenvalue weighted by molar-refractivity contribution is 7.92. The van der Waals surface area contributed by atoms with E-state index in [0.717, 1.165) is 11.1 Å². The normalized spacial score (nSPS) is 15.0. The maximum absolute atomic E-state index is 12.9. The highest BCUT2D eigenvalue weighted by atomic mass is 32.2. The molecule has 2 aromatic rings. The van der Waals surface area contributed by atoms with Crippen molar-refractivity contribution >= 4 is 27.5 Å². The van der Waals surface area contributed by atoms with E-state index in [0.29, 0.717) is 37.2 Å². The summed E-state index contributed by atoms with van der Waals surface area (Å²) >= 11 is 0. The van der Waals surface area contributed by atoms with Gasteiger partial charge in [-0.2, -0.15) is 0 Å². The summed E-state index contributed by atoms with van der Waals surface area (Å²) in [5.74, 6) is -0.238. The second kappa shape index (κ2) is 8.87. The molecule has 2 N–H and O–H groups in total. The Hall–Kier alpha value is -2.87. The van der Waals surface area contributed by atoms with Gasteiger partial charge in [0.2, 0.25) is 5.91 Å². The van der Waals surface area contributed by atoms with Gasteiger partial charge in [-0.15, -0.1) is 0 Å². The first kappa shape index (κ1) is 21.8. The summed E-state index contributed by atoms with van der Waals surface area (Å²) in [6, 6.07) is 11.5. The highest BCUT2D eigenvalue weighted by Gasteiger charge is 2.27. The number of amides is 2. The van der Waals surface area contributed by atoms with Crippen molar-refractivity contribution in [2.45, 2.75) is 31.6 Å². The molecule has 0 aliphatic carbocycles. The maximum Gasteiger partial charge on any atom is 0.261 e. The van der Waals surface area contributed by atoms with Crippen LogP contribution in [0, 0.1) is 19.8 Å². The number of nitrogens with one attached hydrogen (secondary N) is 2. The average molecular weight is 430 g/mol. The van der Waals surface area contributed by atoms with Crippen molar-refractivity contribution < 1.29 is 18.0 Å². The lowest BCUT2D eigenvalue weighted by atomic mass is 9.95. The molecule has 0 spiro atoms. The van der Waals surface area contributed by atoms with E-state index in [4.69, 9.17) is 0 Å². The molecule has 0 atom stereocenters. The van der Waals surface area contributed by atoms with Gasteiger partial charge in [0.05, 0.1) is 4.90 Å². The lowest BCUT2D eigenvalue weighted by molar-refractivity contribution is -0.125.